The molecule has 0 fully saturated rings. The third-order valence-electron chi connectivity index (χ3n) is 3.47. The van der Waals surface area contributed by atoms with Crippen LogP contribution in [0.5, 0.6) is 0 Å². The predicted molar refractivity (Wildman–Crippen MR) is 71.1 cm³/mol. The van der Waals surface area contributed by atoms with Crippen LogP contribution in [0.2, 0.25) is 0 Å². The molecule has 0 saturated heterocycles. The number of methoxy groups -OCH3 is 1. The van der Waals surface area contributed by atoms with E-state index in [9.17, 15) is 8.42 Å². The second-order valence-electron chi connectivity index (χ2n) is 4.68. The van der Waals surface area contributed by atoms with Crippen LogP contribution in [0.1, 0.15) is 23.6 Å². The van der Waals surface area contributed by atoms with E-state index < -0.39 is 21.1 Å². The number of ether oxygens (including phenoxy) is 1. The van der Waals surface area contributed by atoms with Gasteiger partial charge in [-0.1, -0.05) is 24.3 Å². The standard InChI is InChI=1S/C13H19NO3S/c1-17-7-4-8-18(15,16)12-9-10-5-2-3-6-11(10)13(12)14/h2-3,5-6,12-13H,4,7-9,14H2,1H3. The van der Waals surface area contributed by atoms with Gasteiger partial charge in [0.2, 0.25) is 0 Å². The first-order valence-electron chi connectivity index (χ1n) is 6.10. The molecule has 0 spiro atoms. The lowest BCUT2D eigenvalue weighted by Crippen LogP contribution is -2.32. The fourth-order valence-corrected chi connectivity index (χ4v) is 4.35. The lowest BCUT2D eigenvalue weighted by atomic mass is 10.1. The van der Waals surface area contributed by atoms with Crippen molar-refractivity contribution in [3.63, 3.8) is 0 Å². The highest BCUT2D eigenvalue weighted by Crippen LogP contribution is 2.34. The number of fused-ring (bicyclic) bond motifs is 1. The highest BCUT2D eigenvalue weighted by atomic mass is 32.2. The van der Waals surface area contributed by atoms with Crippen LogP contribution in [0, 0.1) is 0 Å². The largest absolute Gasteiger partial charge is 0.385 e. The zero-order chi connectivity index (χ0) is 13.2. The number of rotatable bonds is 5. The van der Waals surface area contributed by atoms with Crippen molar-refractivity contribution in [2.24, 2.45) is 5.73 Å². The number of nitrogens with two attached hydrogens (primary N) is 1. The predicted octanol–water partition coefficient (Wildman–Crippen LogP) is 1.06. The molecular formula is C13H19NO3S. The first-order valence-corrected chi connectivity index (χ1v) is 7.81. The molecule has 0 heterocycles. The van der Waals surface area contributed by atoms with Crippen LogP contribution in [0.15, 0.2) is 24.3 Å². The molecule has 4 nitrogen and oxygen atoms in total. The molecule has 2 atom stereocenters. The smallest absolute Gasteiger partial charge is 0.155 e. The molecule has 1 aromatic carbocycles. The van der Waals surface area contributed by atoms with Gasteiger partial charge in [-0.05, 0) is 24.0 Å². The Kier molecular flexibility index (Phi) is 4.04. The van der Waals surface area contributed by atoms with Crippen LogP contribution >= 0.6 is 0 Å². The van der Waals surface area contributed by atoms with E-state index in [-0.39, 0.29) is 5.75 Å². The number of hydrogen-bond donors (Lipinski definition) is 1. The quantitative estimate of drug-likeness (QED) is 0.812. The summed E-state index contributed by atoms with van der Waals surface area (Å²) in [6, 6.07) is 7.31. The normalized spacial score (nSPS) is 23.0. The first kappa shape index (κ1) is 13.5. The Morgan fingerprint density at radius 1 is 1.39 bits per heavy atom. The average Bonchev–Trinajstić information content (AvgIpc) is 2.69. The van der Waals surface area contributed by atoms with E-state index in [4.69, 9.17) is 10.5 Å². The van der Waals surface area contributed by atoms with Crippen LogP contribution in [0.4, 0.5) is 0 Å². The summed E-state index contributed by atoms with van der Waals surface area (Å²) >= 11 is 0. The van der Waals surface area contributed by atoms with E-state index in [0.29, 0.717) is 19.4 Å². The maximum atomic E-state index is 12.3. The van der Waals surface area contributed by atoms with Gasteiger partial charge in [0.05, 0.1) is 11.0 Å². The lowest BCUT2D eigenvalue weighted by molar-refractivity contribution is 0.199. The van der Waals surface area contributed by atoms with E-state index in [1.165, 1.54) is 0 Å². The molecule has 0 aliphatic heterocycles. The third-order valence-corrected chi connectivity index (χ3v) is 5.71. The Labute approximate surface area is 108 Å². The zero-order valence-corrected chi connectivity index (χ0v) is 11.3. The highest BCUT2D eigenvalue weighted by Gasteiger charge is 2.38. The molecule has 1 aromatic rings. The molecule has 0 amide bonds. The van der Waals surface area contributed by atoms with Crippen LogP contribution in [0.25, 0.3) is 0 Å². The Morgan fingerprint density at radius 3 is 2.78 bits per heavy atom. The van der Waals surface area contributed by atoms with Gasteiger partial charge in [-0.2, -0.15) is 0 Å². The summed E-state index contributed by atoms with van der Waals surface area (Å²) in [5, 5.41) is -0.480. The van der Waals surface area contributed by atoms with Crippen molar-refractivity contribution in [1.29, 1.82) is 0 Å². The van der Waals surface area contributed by atoms with Gasteiger partial charge in [0.15, 0.2) is 9.84 Å². The number of hydrogen-bond acceptors (Lipinski definition) is 4. The van der Waals surface area contributed by atoms with Gasteiger partial charge in [0, 0.05) is 19.8 Å². The van der Waals surface area contributed by atoms with Gasteiger partial charge in [0.1, 0.15) is 0 Å². The average molecular weight is 269 g/mol. The minimum absolute atomic E-state index is 0.146. The number of sulfone groups is 1. The van der Waals surface area contributed by atoms with Gasteiger partial charge >= 0.3 is 0 Å². The van der Waals surface area contributed by atoms with E-state index in [0.717, 1.165) is 11.1 Å². The Bertz CT molecular complexity index is 513. The topological polar surface area (TPSA) is 69.4 Å². The zero-order valence-electron chi connectivity index (χ0n) is 10.5. The van der Waals surface area contributed by atoms with Gasteiger partial charge in [0.25, 0.3) is 0 Å². The van der Waals surface area contributed by atoms with Crippen LogP contribution in [0.3, 0.4) is 0 Å². The molecule has 0 saturated carbocycles. The van der Waals surface area contributed by atoms with Gasteiger partial charge in [-0.15, -0.1) is 0 Å². The van der Waals surface area contributed by atoms with Crippen molar-refractivity contribution in [3.8, 4) is 0 Å². The summed E-state index contributed by atoms with van der Waals surface area (Å²) in [5.74, 6) is 0.146. The van der Waals surface area contributed by atoms with E-state index >= 15 is 0 Å². The SMILES string of the molecule is COCCCS(=O)(=O)C1Cc2ccccc2C1N. The third kappa shape index (κ3) is 2.58. The van der Waals surface area contributed by atoms with E-state index in [1.54, 1.807) is 7.11 Å². The second kappa shape index (κ2) is 5.38. The minimum atomic E-state index is -3.15. The van der Waals surface area contributed by atoms with Crippen molar-refractivity contribution < 1.29 is 13.2 Å². The van der Waals surface area contributed by atoms with Gasteiger partial charge in [-0.25, -0.2) is 8.42 Å². The summed E-state index contributed by atoms with van der Waals surface area (Å²) < 4.78 is 29.4. The molecule has 100 valence electrons. The molecule has 2 rings (SSSR count). The molecule has 0 bridgehead atoms. The molecule has 2 unspecified atom stereocenters. The molecular weight excluding hydrogens is 250 g/mol. The van der Waals surface area contributed by atoms with E-state index in [2.05, 4.69) is 0 Å². The van der Waals surface area contributed by atoms with Crippen molar-refractivity contribution in [2.75, 3.05) is 19.5 Å². The molecule has 1 aliphatic carbocycles. The maximum absolute atomic E-state index is 12.3. The minimum Gasteiger partial charge on any atom is -0.385 e. The number of benzene rings is 1. The molecule has 5 heteroatoms. The molecule has 2 N–H and O–H groups in total. The van der Waals surface area contributed by atoms with Crippen LogP contribution in [-0.2, 0) is 21.0 Å². The van der Waals surface area contributed by atoms with Crippen molar-refractivity contribution in [3.05, 3.63) is 35.4 Å². The summed E-state index contributed by atoms with van der Waals surface area (Å²) in [4.78, 5) is 0. The highest BCUT2D eigenvalue weighted by molar-refractivity contribution is 7.92. The fourth-order valence-electron chi connectivity index (χ4n) is 2.50. The van der Waals surface area contributed by atoms with E-state index in [1.807, 2.05) is 24.3 Å². The van der Waals surface area contributed by atoms with Crippen molar-refractivity contribution in [2.45, 2.75) is 24.1 Å². The summed E-state index contributed by atoms with van der Waals surface area (Å²) in [7, 11) is -1.58. The van der Waals surface area contributed by atoms with Crippen LogP contribution in [-0.4, -0.2) is 33.1 Å². The van der Waals surface area contributed by atoms with Crippen molar-refractivity contribution >= 4 is 9.84 Å². The molecule has 0 aromatic heterocycles. The fraction of sp³-hybridized carbons (Fsp3) is 0.538. The Morgan fingerprint density at radius 2 is 2.11 bits per heavy atom. The Balaban J connectivity index is 2.13. The molecule has 18 heavy (non-hydrogen) atoms. The molecule has 0 radical (unpaired) electrons. The monoisotopic (exact) mass is 269 g/mol. The molecule has 1 aliphatic rings. The van der Waals surface area contributed by atoms with Crippen molar-refractivity contribution in [1.82, 2.24) is 0 Å². The lowest BCUT2D eigenvalue weighted by Gasteiger charge is -2.16. The maximum Gasteiger partial charge on any atom is 0.155 e. The van der Waals surface area contributed by atoms with Gasteiger partial charge < -0.3 is 10.5 Å². The second-order valence-corrected chi connectivity index (χ2v) is 7.02. The summed E-state index contributed by atoms with van der Waals surface area (Å²) in [6.45, 7) is 0.466. The first-order chi connectivity index (χ1) is 8.56. The Hall–Kier alpha value is -0.910. The summed E-state index contributed by atoms with van der Waals surface area (Å²) in [6.07, 6.45) is 1.06. The van der Waals surface area contributed by atoms with Crippen LogP contribution < -0.4 is 5.73 Å². The summed E-state index contributed by atoms with van der Waals surface area (Å²) in [5.41, 5.74) is 8.10. The van der Waals surface area contributed by atoms with Gasteiger partial charge in [-0.3, -0.25) is 0 Å².